The van der Waals surface area contributed by atoms with Crippen LogP contribution in [0.25, 0.3) is 0 Å². The van der Waals surface area contributed by atoms with Gasteiger partial charge in [0.2, 0.25) is 17.7 Å². The second-order valence-electron chi connectivity index (χ2n) is 9.82. The molecule has 12 nitrogen and oxygen atoms in total. The summed E-state index contributed by atoms with van der Waals surface area (Å²) in [5, 5.41) is 10.6. The van der Waals surface area contributed by atoms with E-state index in [1.807, 2.05) is 60.7 Å². The number of amides is 4. The van der Waals surface area contributed by atoms with Crippen molar-refractivity contribution in [1.82, 2.24) is 21.3 Å². The second kappa shape index (κ2) is 19.4. The van der Waals surface area contributed by atoms with Gasteiger partial charge in [-0.2, -0.15) is 0 Å². The van der Waals surface area contributed by atoms with Crippen LogP contribution in [0.5, 0.6) is 0 Å². The molecule has 0 radical (unpaired) electrons. The highest BCUT2D eigenvalue weighted by Crippen LogP contribution is 2.07. The maximum Gasteiger partial charge on any atom is 0.407 e. The molecule has 0 aliphatic rings. The van der Waals surface area contributed by atoms with Crippen LogP contribution in [0.15, 0.2) is 60.7 Å². The number of esters is 1. The minimum Gasteiger partial charge on any atom is -0.469 e. The van der Waals surface area contributed by atoms with E-state index >= 15 is 0 Å². The van der Waals surface area contributed by atoms with Gasteiger partial charge >= 0.3 is 12.1 Å². The van der Waals surface area contributed by atoms with Crippen molar-refractivity contribution in [3.05, 3.63) is 71.8 Å². The number of ketones is 1. The zero-order valence-corrected chi connectivity index (χ0v) is 24.6. The van der Waals surface area contributed by atoms with E-state index in [1.165, 1.54) is 14.0 Å². The van der Waals surface area contributed by atoms with E-state index in [2.05, 4.69) is 26.0 Å². The summed E-state index contributed by atoms with van der Waals surface area (Å²) >= 11 is 0. The molecule has 2 atom stereocenters. The minimum atomic E-state index is -0.972. The van der Waals surface area contributed by atoms with Gasteiger partial charge in [0.05, 0.1) is 7.11 Å². The predicted octanol–water partition coefficient (Wildman–Crippen LogP) is 1.95. The Morgan fingerprint density at radius 1 is 0.744 bits per heavy atom. The van der Waals surface area contributed by atoms with Gasteiger partial charge in [-0.25, -0.2) is 4.79 Å². The predicted molar refractivity (Wildman–Crippen MR) is 157 cm³/mol. The van der Waals surface area contributed by atoms with E-state index < -0.39 is 54.1 Å². The number of unbranched alkanes of at least 4 members (excludes halogenated alkanes) is 1. The number of Topliss-reactive ketones (excluding diaryl/α,β-unsaturated/α-hetero) is 1. The fourth-order valence-corrected chi connectivity index (χ4v) is 4.05. The summed E-state index contributed by atoms with van der Waals surface area (Å²) in [4.78, 5) is 73.3. The molecule has 0 spiro atoms. The van der Waals surface area contributed by atoms with Crippen molar-refractivity contribution in [2.75, 3.05) is 20.2 Å². The van der Waals surface area contributed by atoms with Crippen LogP contribution in [0.3, 0.4) is 0 Å². The SMILES string of the molecule is COC(=O)CC(=O)CCNC(=O)[C@H](CCCCNC(=O)OCc1ccccc1)NC(=O)[C@H](Cc1ccccc1)NC(C)=O. The van der Waals surface area contributed by atoms with Gasteiger partial charge < -0.3 is 30.7 Å². The standard InChI is InChI=1S/C31H40N4O8/c1-22(36)34-27(19-23-11-5-3-6-12-23)30(40)35-26(29(39)32-18-16-25(37)20-28(38)42-2)15-9-10-17-33-31(41)43-21-24-13-7-4-8-14-24/h3-8,11-14,26-27H,9-10,15-21H2,1-2H3,(H,32,39)(H,33,41)(H,34,36)(H,35,40)/t26-,27-/m0/s1. The quantitative estimate of drug-likeness (QED) is 0.115. The van der Waals surface area contributed by atoms with E-state index in [9.17, 15) is 28.8 Å². The highest BCUT2D eigenvalue weighted by atomic mass is 16.5. The summed E-state index contributed by atoms with van der Waals surface area (Å²) in [5.74, 6) is -2.52. The van der Waals surface area contributed by atoms with E-state index in [0.717, 1.165) is 11.1 Å². The first-order valence-corrected chi connectivity index (χ1v) is 14.1. The van der Waals surface area contributed by atoms with Gasteiger partial charge in [-0.05, 0) is 30.4 Å². The Kier molecular flexibility index (Phi) is 15.5. The average Bonchev–Trinajstić information content (AvgIpc) is 2.99. The van der Waals surface area contributed by atoms with Crippen molar-refractivity contribution in [2.45, 2.75) is 64.1 Å². The summed E-state index contributed by atoms with van der Waals surface area (Å²) in [5.41, 5.74) is 1.69. The first kappa shape index (κ1) is 34.5. The molecule has 43 heavy (non-hydrogen) atoms. The summed E-state index contributed by atoms with van der Waals surface area (Å²) in [6.45, 7) is 1.70. The van der Waals surface area contributed by atoms with E-state index in [0.29, 0.717) is 19.4 Å². The lowest BCUT2D eigenvalue weighted by atomic mass is 10.0. The van der Waals surface area contributed by atoms with Crippen LogP contribution in [0.1, 0.15) is 50.2 Å². The van der Waals surface area contributed by atoms with E-state index in [4.69, 9.17) is 4.74 Å². The molecule has 0 saturated carbocycles. The Morgan fingerprint density at radius 2 is 1.40 bits per heavy atom. The molecule has 0 heterocycles. The molecular formula is C31H40N4O8. The third-order valence-corrected chi connectivity index (χ3v) is 6.28. The molecule has 0 aliphatic carbocycles. The number of carbonyl (C=O) groups excluding carboxylic acids is 6. The maximum absolute atomic E-state index is 13.2. The normalized spacial score (nSPS) is 11.8. The molecule has 0 saturated heterocycles. The number of methoxy groups -OCH3 is 1. The molecule has 2 rings (SSSR count). The zero-order chi connectivity index (χ0) is 31.5. The van der Waals surface area contributed by atoms with E-state index in [-0.39, 0.29) is 32.4 Å². The lowest BCUT2D eigenvalue weighted by Gasteiger charge is -2.23. The number of ether oxygens (including phenoxy) is 2. The Hall–Kier alpha value is -4.74. The van der Waals surface area contributed by atoms with Gasteiger partial charge in [0.1, 0.15) is 30.9 Å². The minimum absolute atomic E-state index is 0.0328. The van der Waals surface area contributed by atoms with Crippen molar-refractivity contribution in [2.24, 2.45) is 0 Å². The van der Waals surface area contributed by atoms with Gasteiger partial charge in [0, 0.05) is 32.9 Å². The maximum atomic E-state index is 13.2. The first-order valence-electron chi connectivity index (χ1n) is 14.1. The summed E-state index contributed by atoms with van der Waals surface area (Å²) in [6.07, 6.45) is 0.357. The number of hydrogen-bond donors (Lipinski definition) is 4. The molecule has 2 aromatic carbocycles. The summed E-state index contributed by atoms with van der Waals surface area (Å²) < 4.78 is 9.66. The molecule has 0 fully saturated rings. The highest BCUT2D eigenvalue weighted by Gasteiger charge is 2.26. The van der Waals surface area contributed by atoms with E-state index in [1.54, 1.807) is 0 Å². The van der Waals surface area contributed by atoms with Crippen LogP contribution in [0.4, 0.5) is 4.79 Å². The molecule has 4 N–H and O–H groups in total. The van der Waals surface area contributed by atoms with Crippen molar-refractivity contribution < 1.29 is 38.2 Å². The molecule has 0 aromatic heterocycles. The zero-order valence-electron chi connectivity index (χ0n) is 24.6. The molecule has 0 unspecified atom stereocenters. The van der Waals surface area contributed by atoms with Crippen LogP contribution in [0, 0.1) is 0 Å². The van der Waals surface area contributed by atoms with Gasteiger partial charge in [-0.15, -0.1) is 0 Å². The molecule has 0 bridgehead atoms. The van der Waals surface area contributed by atoms with Gasteiger partial charge in [0.25, 0.3) is 0 Å². The van der Waals surface area contributed by atoms with Crippen molar-refractivity contribution in [3.63, 3.8) is 0 Å². The van der Waals surface area contributed by atoms with Crippen LogP contribution >= 0.6 is 0 Å². The number of benzene rings is 2. The molecular weight excluding hydrogens is 556 g/mol. The average molecular weight is 597 g/mol. The van der Waals surface area contributed by atoms with Crippen LogP contribution in [-0.4, -0.2) is 67.9 Å². The third-order valence-electron chi connectivity index (χ3n) is 6.28. The summed E-state index contributed by atoms with van der Waals surface area (Å²) in [6, 6.07) is 16.5. The van der Waals surface area contributed by atoms with Crippen molar-refractivity contribution in [1.29, 1.82) is 0 Å². The Balaban J connectivity index is 1.93. The number of carbonyl (C=O) groups is 6. The molecule has 4 amide bonds. The number of alkyl carbamates (subject to hydrolysis) is 1. The van der Waals surface area contributed by atoms with Crippen molar-refractivity contribution >= 4 is 35.6 Å². The van der Waals surface area contributed by atoms with Gasteiger partial charge in [0.15, 0.2) is 0 Å². The van der Waals surface area contributed by atoms with Crippen LogP contribution in [0.2, 0.25) is 0 Å². The first-order chi connectivity index (χ1) is 20.7. The molecule has 12 heteroatoms. The molecule has 0 aliphatic heterocycles. The Morgan fingerprint density at radius 3 is 2.02 bits per heavy atom. The highest BCUT2D eigenvalue weighted by molar-refractivity contribution is 5.96. The molecule has 232 valence electrons. The second-order valence-corrected chi connectivity index (χ2v) is 9.82. The summed E-state index contributed by atoms with van der Waals surface area (Å²) in [7, 11) is 1.18. The topological polar surface area (TPSA) is 169 Å². The van der Waals surface area contributed by atoms with Crippen LogP contribution < -0.4 is 21.3 Å². The smallest absolute Gasteiger partial charge is 0.407 e. The fourth-order valence-electron chi connectivity index (χ4n) is 4.05. The Labute approximate surface area is 251 Å². The lowest BCUT2D eigenvalue weighted by Crippen LogP contribution is -2.54. The van der Waals surface area contributed by atoms with Crippen molar-refractivity contribution in [3.8, 4) is 0 Å². The third kappa shape index (κ3) is 14.6. The van der Waals surface area contributed by atoms with Gasteiger partial charge in [-0.3, -0.25) is 24.0 Å². The number of hydrogen-bond acceptors (Lipinski definition) is 8. The number of nitrogens with one attached hydrogen (secondary N) is 4. The molecule has 2 aromatic rings. The fraction of sp³-hybridized carbons (Fsp3) is 0.419. The lowest BCUT2D eigenvalue weighted by molar-refractivity contribution is -0.143. The largest absolute Gasteiger partial charge is 0.469 e. The number of rotatable bonds is 18. The monoisotopic (exact) mass is 596 g/mol. The Bertz CT molecular complexity index is 1210. The van der Waals surface area contributed by atoms with Crippen LogP contribution in [-0.2, 0) is 46.5 Å². The van der Waals surface area contributed by atoms with Gasteiger partial charge in [-0.1, -0.05) is 60.7 Å².